The minimum absolute atomic E-state index is 0.0104. The van der Waals surface area contributed by atoms with Crippen LogP contribution in [0.25, 0.3) is 0 Å². The maximum atomic E-state index is 12.0. The summed E-state index contributed by atoms with van der Waals surface area (Å²) < 4.78 is 10.8. The van der Waals surface area contributed by atoms with Crippen molar-refractivity contribution in [3.8, 4) is 0 Å². The van der Waals surface area contributed by atoms with Gasteiger partial charge in [0.2, 0.25) is 0 Å². The molecule has 3 aromatic rings. The van der Waals surface area contributed by atoms with Gasteiger partial charge in [-0.05, 0) is 42.8 Å². The molecule has 0 aromatic heterocycles. The number of alkyl halides is 3. The lowest BCUT2D eigenvalue weighted by atomic mass is 9.99. The molecule has 6 nitrogen and oxygen atoms in total. The Hall–Kier alpha value is -2.16. The van der Waals surface area contributed by atoms with Crippen LogP contribution in [0.5, 0.6) is 0 Å². The second kappa shape index (κ2) is 12.8. The highest BCUT2D eigenvalue weighted by Crippen LogP contribution is 2.39. The fourth-order valence-electron chi connectivity index (χ4n) is 4.42. The van der Waals surface area contributed by atoms with E-state index in [2.05, 4.69) is 36.3 Å². The number of hydrogen-bond donors (Lipinski definition) is 2. The van der Waals surface area contributed by atoms with E-state index in [4.69, 9.17) is 44.3 Å². The van der Waals surface area contributed by atoms with Gasteiger partial charge >= 0.3 is 0 Å². The fraction of sp³-hybridized carbons (Fsp3) is 0.345. The van der Waals surface area contributed by atoms with Crippen LogP contribution in [-0.4, -0.2) is 39.4 Å². The number of benzene rings is 3. The van der Waals surface area contributed by atoms with Crippen LogP contribution < -0.4 is 5.32 Å². The lowest BCUT2D eigenvalue weighted by Crippen LogP contribution is -2.38. The third kappa shape index (κ3) is 7.48. The third-order valence-electron chi connectivity index (χ3n) is 6.75. The van der Waals surface area contributed by atoms with Gasteiger partial charge in [0.25, 0.3) is 9.70 Å². The van der Waals surface area contributed by atoms with Crippen molar-refractivity contribution in [3.63, 3.8) is 0 Å². The monoisotopic (exact) mass is 576 g/mol. The number of anilines is 1. The number of halogens is 3. The van der Waals surface area contributed by atoms with Gasteiger partial charge in [-0.1, -0.05) is 102 Å². The molecule has 38 heavy (non-hydrogen) atoms. The second-order valence-electron chi connectivity index (χ2n) is 9.45. The summed E-state index contributed by atoms with van der Waals surface area (Å²) in [7, 11) is 2.10. The van der Waals surface area contributed by atoms with Gasteiger partial charge in [0.15, 0.2) is 6.29 Å². The SMILES string of the molecule is C[C@@H](c1ccccc1)N(C)C[C@H]1C[C@@H](c2ccc(CO)cc2)O[C@@H](c2ccc(NC(=O)C(Cl)(Cl)Cl)cc2)O1. The standard InChI is InChI=1S/C29H31Cl3N2O4/c1-19(21-6-4-3-5-7-21)34(2)17-25-16-26(22-10-8-20(18-35)9-11-22)38-27(37-25)23-12-14-24(15-13-23)33-28(36)29(30,31)32/h3-15,19,25-27,35H,16-18H2,1-2H3,(H,33,36)/t19-,25+,26-,27-/m0/s1. The van der Waals surface area contributed by atoms with Gasteiger partial charge in [0, 0.05) is 30.3 Å². The number of carbonyl (C=O) groups excluding carboxylic acids is 1. The lowest BCUT2D eigenvalue weighted by Gasteiger charge is -2.39. The highest BCUT2D eigenvalue weighted by Gasteiger charge is 2.34. The molecule has 0 bridgehead atoms. The van der Waals surface area contributed by atoms with Gasteiger partial charge in [-0.15, -0.1) is 0 Å². The molecule has 0 unspecified atom stereocenters. The van der Waals surface area contributed by atoms with Crippen molar-refractivity contribution in [2.75, 3.05) is 18.9 Å². The van der Waals surface area contributed by atoms with Crippen LogP contribution in [0.2, 0.25) is 0 Å². The Morgan fingerprint density at radius 3 is 2.24 bits per heavy atom. The normalized spacial score (nSPS) is 20.8. The maximum Gasteiger partial charge on any atom is 0.276 e. The molecule has 1 amide bonds. The summed E-state index contributed by atoms with van der Waals surface area (Å²) in [5, 5.41) is 12.0. The van der Waals surface area contributed by atoms with Gasteiger partial charge in [-0.3, -0.25) is 9.69 Å². The average Bonchev–Trinajstić information content (AvgIpc) is 2.93. The quantitative estimate of drug-likeness (QED) is 0.291. The molecule has 9 heteroatoms. The van der Waals surface area contributed by atoms with E-state index in [0.717, 1.165) is 16.7 Å². The minimum atomic E-state index is -2.05. The van der Waals surface area contributed by atoms with Crippen LogP contribution in [0.1, 0.15) is 54.0 Å². The van der Waals surface area contributed by atoms with E-state index in [0.29, 0.717) is 18.7 Å². The molecule has 1 fully saturated rings. The van der Waals surface area contributed by atoms with Crippen LogP contribution in [0.4, 0.5) is 5.69 Å². The van der Waals surface area contributed by atoms with Crippen LogP contribution in [0.15, 0.2) is 78.9 Å². The van der Waals surface area contributed by atoms with E-state index in [1.165, 1.54) is 5.56 Å². The minimum Gasteiger partial charge on any atom is -0.392 e. The van der Waals surface area contributed by atoms with Gasteiger partial charge < -0.3 is 19.9 Å². The first-order chi connectivity index (χ1) is 18.1. The Labute approximate surface area is 238 Å². The first kappa shape index (κ1) is 28.8. The number of carbonyl (C=O) groups is 1. The van der Waals surface area contributed by atoms with Crippen molar-refractivity contribution in [1.82, 2.24) is 4.90 Å². The molecular formula is C29H31Cl3N2O4. The molecule has 0 aliphatic carbocycles. The predicted octanol–water partition coefficient (Wildman–Crippen LogP) is 6.73. The summed E-state index contributed by atoms with van der Waals surface area (Å²) in [6.45, 7) is 2.88. The number of aliphatic hydroxyl groups is 1. The lowest BCUT2D eigenvalue weighted by molar-refractivity contribution is -0.253. The molecule has 1 aliphatic rings. The first-order valence-corrected chi connectivity index (χ1v) is 13.5. The molecule has 0 spiro atoms. The number of hydrogen-bond acceptors (Lipinski definition) is 5. The molecular weight excluding hydrogens is 547 g/mol. The number of likely N-dealkylation sites (N-methyl/N-ethyl adjacent to an activating group) is 1. The Balaban J connectivity index is 1.52. The molecule has 4 atom stereocenters. The molecule has 2 N–H and O–H groups in total. The van der Waals surface area contributed by atoms with Gasteiger partial charge in [0.05, 0.1) is 18.8 Å². The molecule has 1 aliphatic heterocycles. The summed E-state index contributed by atoms with van der Waals surface area (Å²) in [4.78, 5) is 14.3. The van der Waals surface area contributed by atoms with Gasteiger partial charge in [0.1, 0.15) is 0 Å². The van der Waals surface area contributed by atoms with Gasteiger partial charge in [-0.25, -0.2) is 0 Å². The van der Waals surface area contributed by atoms with Crippen molar-refractivity contribution in [2.24, 2.45) is 0 Å². The van der Waals surface area contributed by atoms with E-state index >= 15 is 0 Å². The molecule has 0 radical (unpaired) electrons. The van der Waals surface area contributed by atoms with Crippen molar-refractivity contribution < 1.29 is 19.4 Å². The topological polar surface area (TPSA) is 71.0 Å². The number of ether oxygens (including phenoxy) is 2. The summed E-state index contributed by atoms with van der Waals surface area (Å²) >= 11 is 17.0. The molecule has 202 valence electrons. The number of aliphatic hydroxyl groups excluding tert-OH is 1. The Bertz CT molecular complexity index is 1190. The molecule has 0 saturated carbocycles. The van der Waals surface area contributed by atoms with Crippen molar-refractivity contribution >= 4 is 46.4 Å². The van der Waals surface area contributed by atoms with E-state index < -0.39 is 16.0 Å². The Morgan fingerprint density at radius 2 is 1.63 bits per heavy atom. The number of amides is 1. The van der Waals surface area contributed by atoms with Gasteiger partial charge in [-0.2, -0.15) is 0 Å². The maximum absolute atomic E-state index is 12.0. The predicted molar refractivity (Wildman–Crippen MR) is 151 cm³/mol. The van der Waals surface area contributed by atoms with Crippen molar-refractivity contribution in [2.45, 2.75) is 48.3 Å². The number of nitrogens with one attached hydrogen (secondary N) is 1. The van der Waals surface area contributed by atoms with Crippen LogP contribution in [0.3, 0.4) is 0 Å². The van der Waals surface area contributed by atoms with Crippen LogP contribution >= 0.6 is 34.8 Å². The molecule has 4 rings (SSSR count). The molecule has 3 aromatic carbocycles. The highest BCUT2D eigenvalue weighted by atomic mass is 35.6. The smallest absolute Gasteiger partial charge is 0.276 e. The van der Waals surface area contributed by atoms with Crippen molar-refractivity contribution in [1.29, 1.82) is 0 Å². The molecule has 1 heterocycles. The second-order valence-corrected chi connectivity index (χ2v) is 11.7. The summed E-state index contributed by atoms with van der Waals surface area (Å²) in [5.41, 5.74) is 4.40. The summed E-state index contributed by atoms with van der Waals surface area (Å²) in [6, 6.07) is 25.4. The zero-order valence-corrected chi connectivity index (χ0v) is 23.5. The Kier molecular flexibility index (Phi) is 9.71. The van der Waals surface area contributed by atoms with E-state index in [-0.39, 0.29) is 24.9 Å². The van der Waals surface area contributed by atoms with Crippen LogP contribution in [0, 0.1) is 0 Å². The van der Waals surface area contributed by atoms with E-state index in [9.17, 15) is 9.90 Å². The average molecular weight is 578 g/mol. The largest absolute Gasteiger partial charge is 0.392 e. The fourth-order valence-corrected chi connectivity index (χ4v) is 4.57. The summed E-state index contributed by atoms with van der Waals surface area (Å²) in [6.07, 6.45) is -0.237. The zero-order valence-electron chi connectivity index (χ0n) is 21.2. The highest BCUT2D eigenvalue weighted by molar-refractivity contribution is 6.76. The number of nitrogens with zero attached hydrogens (tertiary/aromatic N) is 1. The van der Waals surface area contributed by atoms with Crippen LogP contribution in [-0.2, 0) is 20.9 Å². The van der Waals surface area contributed by atoms with Crippen molar-refractivity contribution in [3.05, 3.63) is 101 Å². The zero-order chi connectivity index (χ0) is 27.3. The number of rotatable bonds is 8. The van der Waals surface area contributed by atoms with E-state index in [1.54, 1.807) is 12.1 Å². The summed E-state index contributed by atoms with van der Waals surface area (Å²) in [5.74, 6) is -0.734. The van der Waals surface area contributed by atoms with E-state index in [1.807, 2.05) is 54.6 Å². The first-order valence-electron chi connectivity index (χ1n) is 12.4. The third-order valence-corrected chi connectivity index (χ3v) is 7.26. The Morgan fingerprint density at radius 1 is 1.00 bits per heavy atom. The molecule has 1 saturated heterocycles.